The highest BCUT2D eigenvalue weighted by atomic mass is 16.4. The number of amides is 2. The zero-order valence-corrected chi connectivity index (χ0v) is 13.0. The Bertz CT molecular complexity index is 597. The Morgan fingerprint density at radius 1 is 1.50 bits per heavy atom. The summed E-state index contributed by atoms with van der Waals surface area (Å²) < 4.78 is 5.51. The van der Waals surface area contributed by atoms with E-state index in [1.807, 2.05) is 26.0 Å². The lowest BCUT2D eigenvalue weighted by atomic mass is 9.81. The van der Waals surface area contributed by atoms with E-state index >= 15 is 0 Å². The fourth-order valence-electron chi connectivity index (χ4n) is 3.83. The van der Waals surface area contributed by atoms with Crippen LogP contribution in [0.4, 0.5) is 4.79 Å². The molecule has 3 rings (SSSR count). The monoisotopic (exact) mass is 306 g/mol. The Balaban J connectivity index is 1.66. The maximum Gasteiger partial charge on any atom is 0.318 e. The molecule has 120 valence electrons. The Morgan fingerprint density at radius 3 is 2.86 bits per heavy atom. The molecule has 22 heavy (non-hydrogen) atoms. The molecule has 1 aliphatic heterocycles. The number of hydrogen-bond acceptors (Lipinski definition) is 3. The first-order valence-corrected chi connectivity index (χ1v) is 7.77. The Morgan fingerprint density at radius 2 is 2.27 bits per heavy atom. The molecular weight excluding hydrogens is 284 g/mol. The van der Waals surface area contributed by atoms with Crippen LogP contribution in [-0.2, 0) is 4.79 Å². The number of carboxylic acids is 1. The molecule has 1 saturated heterocycles. The molecule has 2 N–H and O–H groups in total. The van der Waals surface area contributed by atoms with Crippen molar-refractivity contribution in [3.63, 3.8) is 0 Å². The number of carboxylic acid groups (broad SMARTS) is 1. The molecule has 6 nitrogen and oxygen atoms in total. The van der Waals surface area contributed by atoms with E-state index in [0.717, 1.165) is 18.6 Å². The fraction of sp³-hybridized carbons (Fsp3) is 0.625. The summed E-state index contributed by atoms with van der Waals surface area (Å²) >= 11 is 0. The number of hydrogen-bond donors (Lipinski definition) is 2. The Labute approximate surface area is 129 Å². The quantitative estimate of drug-likeness (QED) is 0.899. The summed E-state index contributed by atoms with van der Waals surface area (Å²) in [5.41, 5.74) is -0.734. The van der Waals surface area contributed by atoms with Gasteiger partial charge in [-0.1, -0.05) is 6.42 Å². The van der Waals surface area contributed by atoms with Crippen LogP contribution in [0.15, 0.2) is 16.5 Å². The van der Waals surface area contributed by atoms with E-state index in [2.05, 4.69) is 5.32 Å². The molecule has 2 fully saturated rings. The number of furan rings is 1. The van der Waals surface area contributed by atoms with E-state index in [-0.39, 0.29) is 18.0 Å². The van der Waals surface area contributed by atoms with Gasteiger partial charge in [0.25, 0.3) is 0 Å². The fourth-order valence-corrected chi connectivity index (χ4v) is 3.83. The Kier molecular flexibility index (Phi) is 3.62. The lowest BCUT2D eigenvalue weighted by molar-refractivity contribution is -0.149. The molecule has 1 unspecified atom stereocenters. The van der Waals surface area contributed by atoms with Gasteiger partial charge in [-0.15, -0.1) is 0 Å². The third-order valence-electron chi connectivity index (χ3n) is 5.11. The van der Waals surface area contributed by atoms with Crippen molar-refractivity contribution in [3.8, 4) is 0 Å². The number of nitrogens with zero attached hydrogens (tertiary/aromatic N) is 1. The highest BCUT2D eigenvalue weighted by Gasteiger charge is 2.55. The number of fused-ring (bicyclic) bond motifs is 1. The maximum atomic E-state index is 12.4. The third kappa shape index (κ3) is 2.36. The molecule has 1 aromatic rings. The van der Waals surface area contributed by atoms with Crippen LogP contribution in [0.5, 0.6) is 0 Å². The molecule has 1 saturated carbocycles. The van der Waals surface area contributed by atoms with Gasteiger partial charge in [0.15, 0.2) is 0 Å². The predicted molar refractivity (Wildman–Crippen MR) is 79.4 cm³/mol. The van der Waals surface area contributed by atoms with Crippen molar-refractivity contribution in [2.24, 2.45) is 11.3 Å². The largest absolute Gasteiger partial charge is 0.481 e. The van der Waals surface area contributed by atoms with Crippen LogP contribution in [0.1, 0.15) is 43.7 Å². The van der Waals surface area contributed by atoms with E-state index in [0.29, 0.717) is 25.3 Å². The van der Waals surface area contributed by atoms with E-state index in [1.165, 1.54) is 0 Å². The minimum Gasteiger partial charge on any atom is -0.481 e. The lowest BCUT2D eigenvalue weighted by Gasteiger charge is -2.24. The zero-order valence-electron chi connectivity index (χ0n) is 13.0. The van der Waals surface area contributed by atoms with Gasteiger partial charge in [0.2, 0.25) is 0 Å². The minimum atomic E-state index is -0.764. The number of rotatable bonds is 3. The molecule has 1 aromatic heterocycles. The molecule has 1 aliphatic carbocycles. The van der Waals surface area contributed by atoms with Gasteiger partial charge in [0.1, 0.15) is 11.5 Å². The summed E-state index contributed by atoms with van der Waals surface area (Å²) in [6, 6.07) is 3.26. The average Bonchev–Trinajstić information content (AvgIpc) is 3.10. The van der Waals surface area contributed by atoms with Crippen molar-refractivity contribution in [1.82, 2.24) is 10.2 Å². The maximum absolute atomic E-state index is 12.4. The molecule has 2 aliphatic rings. The zero-order chi connectivity index (χ0) is 15.9. The minimum absolute atomic E-state index is 0.0805. The van der Waals surface area contributed by atoms with Gasteiger partial charge in [-0.05, 0) is 44.7 Å². The van der Waals surface area contributed by atoms with Crippen molar-refractivity contribution in [3.05, 3.63) is 23.7 Å². The third-order valence-corrected chi connectivity index (χ3v) is 5.11. The summed E-state index contributed by atoms with van der Waals surface area (Å²) in [6.45, 7) is 4.56. The average molecular weight is 306 g/mol. The smallest absolute Gasteiger partial charge is 0.318 e. The summed E-state index contributed by atoms with van der Waals surface area (Å²) in [4.78, 5) is 25.7. The SMILES string of the molecule is Cc1ccc(C(C)NC(=O)N2C[C@@H]3CCC[C@@]3(C(=O)O)C2)o1. The molecular formula is C16H22N2O4. The second-order valence-corrected chi connectivity index (χ2v) is 6.55. The number of aliphatic carboxylic acids is 1. The summed E-state index contributed by atoms with van der Waals surface area (Å²) in [5, 5.41) is 12.5. The van der Waals surface area contributed by atoms with Crippen molar-refractivity contribution < 1.29 is 19.1 Å². The van der Waals surface area contributed by atoms with Gasteiger partial charge in [0.05, 0.1) is 11.5 Å². The van der Waals surface area contributed by atoms with Crippen molar-refractivity contribution in [2.75, 3.05) is 13.1 Å². The second kappa shape index (κ2) is 5.34. The predicted octanol–water partition coefficient (Wildman–Crippen LogP) is 2.55. The highest BCUT2D eigenvalue weighted by Crippen LogP contribution is 2.48. The van der Waals surface area contributed by atoms with Crippen LogP contribution in [0.25, 0.3) is 0 Å². The number of carbonyl (C=O) groups is 2. The standard InChI is InChI=1S/C16H22N2O4/c1-10-5-6-13(22-10)11(2)17-15(21)18-8-12-4-3-7-16(12,9-18)14(19)20/h5-6,11-12H,3-4,7-9H2,1-2H3,(H,17,21)(H,19,20)/t11?,12-,16+/m0/s1. The molecule has 3 atom stereocenters. The van der Waals surface area contributed by atoms with Crippen LogP contribution in [0, 0.1) is 18.3 Å². The number of aryl methyl sites for hydroxylation is 1. The molecule has 6 heteroatoms. The van der Waals surface area contributed by atoms with Gasteiger partial charge in [0, 0.05) is 13.1 Å². The van der Waals surface area contributed by atoms with Gasteiger partial charge in [-0.25, -0.2) is 4.79 Å². The molecule has 0 bridgehead atoms. The highest BCUT2D eigenvalue weighted by molar-refractivity contribution is 5.80. The molecule has 2 amide bonds. The van der Waals surface area contributed by atoms with E-state index in [1.54, 1.807) is 4.90 Å². The van der Waals surface area contributed by atoms with E-state index < -0.39 is 11.4 Å². The van der Waals surface area contributed by atoms with Gasteiger partial charge in [-0.2, -0.15) is 0 Å². The number of likely N-dealkylation sites (tertiary alicyclic amines) is 1. The summed E-state index contributed by atoms with van der Waals surface area (Å²) in [5.74, 6) is 0.826. The molecule has 0 aromatic carbocycles. The molecule has 2 heterocycles. The van der Waals surface area contributed by atoms with Gasteiger partial charge >= 0.3 is 12.0 Å². The lowest BCUT2D eigenvalue weighted by Crippen LogP contribution is -2.42. The van der Waals surface area contributed by atoms with E-state index in [9.17, 15) is 14.7 Å². The van der Waals surface area contributed by atoms with Crippen LogP contribution in [0.3, 0.4) is 0 Å². The van der Waals surface area contributed by atoms with Crippen molar-refractivity contribution in [2.45, 2.75) is 39.2 Å². The van der Waals surface area contributed by atoms with Crippen LogP contribution in [-0.4, -0.2) is 35.1 Å². The summed E-state index contributed by atoms with van der Waals surface area (Å²) in [6.07, 6.45) is 2.50. The van der Waals surface area contributed by atoms with E-state index in [4.69, 9.17) is 4.42 Å². The number of carbonyl (C=O) groups excluding carboxylic acids is 1. The van der Waals surface area contributed by atoms with Crippen LogP contribution < -0.4 is 5.32 Å². The van der Waals surface area contributed by atoms with Crippen LogP contribution in [0.2, 0.25) is 0 Å². The first-order chi connectivity index (χ1) is 10.4. The normalized spacial score (nSPS) is 28.5. The van der Waals surface area contributed by atoms with Gasteiger partial charge in [-0.3, -0.25) is 4.79 Å². The van der Waals surface area contributed by atoms with Gasteiger partial charge < -0.3 is 19.7 Å². The van der Waals surface area contributed by atoms with Crippen LogP contribution >= 0.6 is 0 Å². The second-order valence-electron chi connectivity index (χ2n) is 6.55. The Hall–Kier alpha value is -1.98. The van der Waals surface area contributed by atoms with Crippen molar-refractivity contribution in [1.29, 1.82) is 0 Å². The number of nitrogens with one attached hydrogen (secondary N) is 1. The first-order valence-electron chi connectivity index (χ1n) is 7.77. The van der Waals surface area contributed by atoms with Crippen molar-refractivity contribution >= 4 is 12.0 Å². The molecule has 0 radical (unpaired) electrons. The summed E-state index contributed by atoms with van der Waals surface area (Å²) in [7, 11) is 0. The molecule has 0 spiro atoms. The first kappa shape index (κ1) is 14.9. The topological polar surface area (TPSA) is 82.8 Å². The number of urea groups is 1.